The second kappa shape index (κ2) is 7.16. The van der Waals surface area contributed by atoms with Gasteiger partial charge in [-0.05, 0) is 47.7 Å². The molecule has 0 atom stereocenters. The van der Waals surface area contributed by atoms with Crippen molar-refractivity contribution in [2.75, 3.05) is 11.6 Å². The first kappa shape index (κ1) is 15.4. The number of amides is 1. The van der Waals surface area contributed by atoms with Gasteiger partial charge in [0, 0.05) is 16.1 Å². The molecular weight excluding hydrogens is 302 g/mol. The lowest BCUT2D eigenvalue weighted by Crippen LogP contribution is -2.11. The van der Waals surface area contributed by atoms with Crippen molar-refractivity contribution in [2.24, 2.45) is 0 Å². The van der Waals surface area contributed by atoms with E-state index in [-0.39, 0.29) is 5.91 Å². The summed E-state index contributed by atoms with van der Waals surface area (Å²) < 4.78 is 0. The maximum atomic E-state index is 12.3. The summed E-state index contributed by atoms with van der Waals surface area (Å²) in [5, 5.41) is 2.94. The molecule has 0 bridgehead atoms. The van der Waals surface area contributed by atoms with Crippen molar-refractivity contribution in [3.63, 3.8) is 0 Å². The molecule has 0 aliphatic carbocycles. The molecule has 0 aliphatic heterocycles. The van der Waals surface area contributed by atoms with Crippen LogP contribution in [0.25, 0.3) is 11.1 Å². The van der Waals surface area contributed by atoms with Crippen LogP contribution in [0.4, 0.5) is 5.69 Å². The summed E-state index contributed by atoms with van der Waals surface area (Å²) in [7, 11) is 0. The Morgan fingerprint density at radius 3 is 2.22 bits per heavy atom. The molecule has 114 valence electrons. The van der Waals surface area contributed by atoms with Crippen LogP contribution in [0.2, 0.25) is 0 Å². The predicted octanol–water partition coefficient (Wildman–Crippen LogP) is 5.33. The van der Waals surface area contributed by atoms with Gasteiger partial charge in [0.1, 0.15) is 0 Å². The molecule has 1 amide bonds. The third-order valence-electron chi connectivity index (χ3n) is 3.58. The number of thioether (sulfide) groups is 1. The molecule has 0 saturated carbocycles. The van der Waals surface area contributed by atoms with E-state index < -0.39 is 0 Å². The van der Waals surface area contributed by atoms with Crippen LogP contribution in [0.5, 0.6) is 0 Å². The van der Waals surface area contributed by atoms with E-state index in [4.69, 9.17) is 0 Å². The Hall–Kier alpha value is -2.52. The van der Waals surface area contributed by atoms with Gasteiger partial charge in [-0.2, -0.15) is 0 Å². The average molecular weight is 319 g/mol. The summed E-state index contributed by atoms with van der Waals surface area (Å²) in [5.41, 5.74) is 3.71. The molecule has 23 heavy (non-hydrogen) atoms. The Bertz CT molecular complexity index is 797. The Kier molecular flexibility index (Phi) is 4.79. The molecule has 0 aromatic heterocycles. The van der Waals surface area contributed by atoms with Gasteiger partial charge in [-0.3, -0.25) is 4.79 Å². The van der Waals surface area contributed by atoms with E-state index in [0.717, 1.165) is 21.7 Å². The Morgan fingerprint density at radius 2 is 1.52 bits per heavy atom. The van der Waals surface area contributed by atoms with Crippen LogP contribution in [0, 0.1) is 0 Å². The molecule has 0 aliphatic rings. The first-order chi connectivity index (χ1) is 11.3. The van der Waals surface area contributed by atoms with Crippen LogP contribution in [-0.2, 0) is 0 Å². The zero-order chi connectivity index (χ0) is 16.1. The van der Waals surface area contributed by atoms with Crippen LogP contribution in [0.15, 0.2) is 83.8 Å². The molecule has 3 aromatic rings. The lowest BCUT2D eigenvalue weighted by Gasteiger charge is -2.07. The van der Waals surface area contributed by atoms with E-state index in [1.807, 2.05) is 73.0 Å². The first-order valence-corrected chi connectivity index (χ1v) is 8.59. The summed E-state index contributed by atoms with van der Waals surface area (Å²) in [6.45, 7) is 0. The summed E-state index contributed by atoms with van der Waals surface area (Å²) in [5.74, 6) is -0.0946. The molecule has 1 N–H and O–H groups in total. The van der Waals surface area contributed by atoms with E-state index in [1.165, 1.54) is 0 Å². The lowest BCUT2D eigenvalue weighted by molar-refractivity contribution is 0.102. The Labute approximate surface area is 140 Å². The number of benzene rings is 3. The van der Waals surface area contributed by atoms with E-state index in [9.17, 15) is 4.79 Å². The van der Waals surface area contributed by atoms with Gasteiger partial charge in [0.25, 0.3) is 5.91 Å². The Morgan fingerprint density at radius 1 is 0.826 bits per heavy atom. The highest BCUT2D eigenvalue weighted by molar-refractivity contribution is 7.98. The molecule has 0 saturated heterocycles. The average Bonchev–Trinajstić information content (AvgIpc) is 2.63. The molecule has 3 aromatic carbocycles. The third-order valence-corrected chi connectivity index (χ3v) is 4.31. The van der Waals surface area contributed by atoms with Gasteiger partial charge in [0.05, 0.1) is 0 Å². The predicted molar refractivity (Wildman–Crippen MR) is 98.1 cm³/mol. The van der Waals surface area contributed by atoms with Crippen LogP contribution < -0.4 is 5.32 Å². The molecular formula is C20H17NOS. The van der Waals surface area contributed by atoms with Crippen molar-refractivity contribution in [1.82, 2.24) is 0 Å². The highest BCUT2D eigenvalue weighted by Gasteiger charge is 2.07. The molecule has 0 spiro atoms. The SMILES string of the molecule is CSc1cccc(NC(=O)c2ccc(-c3ccccc3)cc2)c1. The summed E-state index contributed by atoms with van der Waals surface area (Å²) in [4.78, 5) is 13.5. The number of carbonyl (C=O) groups excluding carboxylic acids is 1. The van der Waals surface area contributed by atoms with Gasteiger partial charge < -0.3 is 5.32 Å². The molecule has 3 rings (SSSR count). The van der Waals surface area contributed by atoms with Crippen LogP contribution in [-0.4, -0.2) is 12.2 Å². The number of carbonyl (C=O) groups is 1. The first-order valence-electron chi connectivity index (χ1n) is 7.37. The van der Waals surface area contributed by atoms with Crippen molar-refractivity contribution >= 4 is 23.4 Å². The van der Waals surface area contributed by atoms with Gasteiger partial charge >= 0.3 is 0 Å². The molecule has 0 radical (unpaired) electrons. The van der Waals surface area contributed by atoms with Crippen LogP contribution >= 0.6 is 11.8 Å². The summed E-state index contributed by atoms with van der Waals surface area (Å²) in [6.07, 6.45) is 2.02. The van der Waals surface area contributed by atoms with E-state index in [1.54, 1.807) is 11.8 Å². The highest BCUT2D eigenvalue weighted by Crippen LogP contribution is 2.21. The maximum Gasteiger partial charge on any atom is 0.255 e. The fourth-order valence-electron chi connectivity index (χ4n) is 2.35. The van der Waals surface area contributed by atoms with Crippen molar-refractivity contribution in [1.29, 1.82) is 0 Å². The van der Waals surface area contributed by atoms with Crippen molar-refractivity contribution < 1.29 is 4.79 Å². The highest BCUT2D eigenvalue weighted by atomic mass is 32.2. The number of anilines is 1. The lowest BCUT2D eigenvalue weighted by atomic mass is 10.0. The zero-order valence-electron chi connectivity index (χ0n) is 12.8. The van der Waals surface area contributed by atoms with Gasteiger partial charge in [0.2, 0.25) is 0 Å². The topological polar surface area (TPSA) is 29.1 Å². The fourth-order valence-corrected chi connectivity index (χ4v) is 2.81. The number of hydrogen-bond donors (Lipinski definition) is 1. The normalized spacial score (nSPS) is 10.3. The van der Waals surface area contributed by atoms with Gasteiger partial charge in [-0.15, -0.1) is 11.8 Å². The zero-order valence-corrected chi connectivity index (χ0v) is 13.6. The smallest absolute Gasteiger partial charge is 0.255 e. The third kappa shape index (κ3) is 3.82. The van der Waals surface area contributed by atoms with E-state index >= 15 is 0 Å². The molecule has 2 nitrogen and oxygen atoms in total. The summed E-state index contributed by atoms with van der Waals surface area (Å²) >= 11 is 1.65. The molecule has 3 heteroatoms. The minimum Gasteiger partial charge on any atom is -0.322 e. The molecule has 0 unspecified atom stereocenters. The minimum atomic E-state index is -0.0946. The second-order valence-electron chi connectivity index (χ2n) is 5.13. The van der Waals surface area contributed by atoms with Crippen molar-refractivity contribution in [3.05, 3.63) is 84.4 Å². The minimum absolute atomic E-state index is 0.0946. The van der Waals surface area contributed by atoms with Crippen LogP contribution in [0.3, 0.4) is 0 Å². The van der Waals surface area contributed by atoms with Crippen LogP contribution in [0.1, 0.15) is 10.4 Å². The van der Waals surface area contributed by atoms with E-state index in [0.29, 0.717) is 5.56 Å². The monoisotopic (exact) mass is 319 g/mol. The number of rotatable bonds is 4. The number of hydrogen-bond acceptors (Lipinski definition) is 2. The fraction of sp³-hybridized carbons (Fsp3) is 0.0500. The molecule has 0 heterocycles. The largest absolute Gasteiger partial charge is 0.322 e. The van der Waals surface area contributed by atoms with Gasteiger partial charge in [-0.1, -0.05) is 48.5 Å². The van der Waals surface area contributed by atoms with Crippen molar-refractivity contribution in [3.8, 4) is 11.1 Å². The Balaban J connectivity index is 1.75. The second-order valence-corrected chi connectivity index (χ2v) is 6.01. The van der Waals surface area contributed by atoms with Crippen molar-refractivity contribution in [2.45, 2.75) is 4.90 Å². The molecule has 0 fully saturated rings. The van der Waals surface area contributed by atoms with Gasteiger partial charge in [0.15, 0.2) is 0 Å². The maximum absolute atomic E-state index is 12.3. The number of nitrogens with one attached hydrogen (secondary N) is 1. The summed E-state index contributed by atoms with van der Waals surface area (Å²) in [6, 6.07) is 25.6. The van der Waals surface area contributed by atoms with E-state index in [2.05, 4.69) is 17.4 Å². The quantitative estimate of drug-likeness (QED) is 0.659. The standard InChI is InChI=1S/C20H17NOS/c1-23-19-9-5-8-18(14-19)21-20(22)17-12-10-16(11-13-17)15-6-3-2-4-7-15/h2-14H,1H3,(H,21,22). The van der Waals surface area contributed by atoms with Gasteiger partial charge in [-0.25, -0.2) is 0 Å².